The standard InChI is InChI=1S/C22H19FN6O2S/c23-19-7-2-1-6-18(19)21(31)28-22-27-17(12-32-22)9-20(30)25-10-15-4-3-5-16(8-15)11-29-14-24-13-26-29/h1-8,12-14H,9-11H2,(H,25,30)(H,27,28,31). The van der Waals surface area contributed by atoms with Crippen LogP contribution < -0.4 is 10.6 Å². The molecule has 2 heterocycles. The van der Waals surface area contributed by atoms with E-state index in [4.69, 9.17) is 0 Å². The summed E-state index contributed by atoms with van der Waals surface area (Å²) in [5.74, 6) is -1.38. The molecular formula is C22H19FN6O2S. The number of hydrogen-bond donors (Lipinski definition) is 2. The summed E-state index contributed by atoms with van der Waals surface area (Å²) in [7, 11) is 0. The van der Waals surface area contributed by atoms with Crippen LogP contribution in [0, 0.1) is 5.82 Å². The zero-order chi connectivity index (χ0) is 22.3. The molecule has 2 aromatic heterocycles. The van der Waals surface area contributed by atoms with Crippen LogP contribution in [0.1, 0.15) is 27.2 Å². The van der Waals surface area contributed by atoms with Crippen LogP contribution in [-0.4, -0.2) is 31.6 Å². The van der Waals surface area contributed by atoms with Crippen molar-refractivity contribution in [1.82, 2.24) is 25.1 Å². The maximum Gasteiger partial charge on any atom is 0.260 e. The van der Waals surface area contributed by atoms with Crippen LogP contribution in [0.5, 0.6) is 0 Å². The third-order valence-electron chi connectivity index (χ3n) is 4.52. The molecule has 2 aromatic carbocycles. The number of amides is 2. The molecule has 0 atom stereocenters. The van der Waals surface area contributed by atoms with Crippen LogP contribution in [0.4, 0.5) is 9.52 Å². The van der Waals surface area contributed by atoms with Crippen molar-refractivity contribution in [3.05, 3.63) is 94.8 Å². The van der Waals surface area contributed by atoms with Crippen LogP contribution in [0.15, 0.2) is 66.6 Å². The lowest BCUT2D eigenvalue weighted by atomic mass is 10.1. The van der Waals surface area contributed by atoms with E-state index in [2.05, 4.69) is 25.7 Å². The minimum atomic E-state index is -0.605. The number of rotatable bonds is 8. The highest BCUT2D eigenvalue weighted by Gasteiger charge is 2.14. The molecule has 0 bridgehead atoms. The summed E-state index contributed by atoms with van der Waals surface area (Å²) in [6.45, 7) is 0.979. The topological polar surface area (TPSA) is 102 Å². The SMILES string of the molecule is O=C(Cc1csc(NC(=O)c2ccccc2F)n1)NCc1cccc(Cn2cncn2)c1. The van der Waals surface area contributed by atoms with Gasteiger partial charge in [0.2, 0.25) is 5.91 Å². The predicted molar refractivity (Wildman–Crippen MR) is 118 cm³/mol. The highest BCUT2D eigenvalue weighted by atomic mass is 32.1. The monoisotopic (exact) mass is 450 g/mol. The average molecular weight is 450 g/mol. The van der Waals surface area contributed by atoms with Gasteiger partial charge in [0.1, 0.15) is 18.5 Å². The second-order valence-corrected chi connectivity index (χ2v) is 7.80. The molecule has 0 spiro atoms. The second kappa shape index (κ2) is 9.92. The van der Waals surface area contributed by atoms with Gasteiger partial charge in [0, 0.05) is 11.9 Å². The Morgan fingerprint density at radius 1 is 1.09 bits per heavy atom. The zero-order valence-corrected chi connectivity index (χ0v) is 17.7. The molecular weight excluding hydrogens is 431 g/mol. The van der Waals surface area contributed by atoms with E-state index in [-0.39, 0.29) is 17.9 Å². The highest BCUT2D eigenvalue weighted by molar-refractivity contribution is 7.14. The molecule has 0 unspecified atom stereocenters. The number of nitrogens with zero attached hydrogens (tertiary/aromatic N) is 4. The van der Waals surface area contributed by atoms with Crippen molar-refractivity contribution in [2.24, 2.45) is 0 Å². The first-order valence-corrected chi connectivity index (χ1v) is 10.6. The number of carbonyl (C=O) groups is 2. The maximum absolute atomic E-state index is 13.7. The summed E-state index contributed by atoms with van der Waals surface area (Å²) >= 11 is 1.18. The lowest BCUT2D eigenvalue weighted by Crippen LogP contribution is -2.24. The molecule has 10 heteroatoms. The predicted octanol–water partition coefficient (Wildman–Crippen LogP) is 3.03. The van der Waals surface area contributed by atoms with Crippen LogP contribution in [0.2, 0.25) is 0 Å². The van der Waals surface area contributed by atoms with Crippen molar-refractivity contribution < 1.29 is 14.0 Å². The summed E-state index contributed by atoms with van der Waals surface area (Å²) < 4.78 is 15.5. The molecule has 0 saturated heterocycles. The number of anilines is 1. The first-order valence-electron chi connectivity index (χ1n) is 9.74. The summed E-state index contributed by atoms with van der Waals surface area (Å²) in [6.07, 6.45) is 3.21. The molecule has 0 aliphatic carbocycles. The lowest BCUT2D eigenvalue weighted by Gasteiger charge is -2.07. The van der Waals surface area contributed by atoms with Crippen molar-refractivity contribution in [1.29, 1.82) is 0 Å². The molecule has 162 valence electrons. The Bertz CT molecular complexity index is 1220. The van der Waals surface area contributed by atoms with Crippen molar-refractivity contribution in [3.63, 3.8) is 0 Å². The number of halogens is 1. The van der Waals surface area contributed by atoms with Crippen molar-refractivity contribution in [2.45, 2.75) is 19.5 Å². The minimum Gasteiger partial charge on any atom is -0.352 e. The third-order valence-corrected chi connectivity index (χ3v) is 5.33. The Hall–Kier alpha value is -3.92. The Morgan fingerprint density at radius 3 is 2.75 bits per heavy atom. The number of nitrogens with one attached hydrogen (secondary N) is 2. The van der Waals surface area contributed by atoms with E-state index < -0.39 is 11.7 Å². The smallest absolute Gasteiger partial charge is 0.260 e. The Labute approximate surface area is 187 Å². The average Bonchev–Trinajstić information content (AvgIpc) is 3.45. The van der Waals surface area contributed by atoms with Gasteiger partial charge in [-0.1, -0.05) is 36.4 Å². The van der Waals surface area contributed by atoms with Crippen molar-refractivity contribution in [2.75, 3.05) is 5.32 Å². The minimum absolute atomic E-state index is 0.0620. The second-order valence-electron chi connectivity index (χ2n) is 6.94. The molecule has 0 fully saturated rings. The van der Waals surface area contributed by atoms with E-state index in [1.807, 2.05) is 24.3 Å². The van der Waals surface area contributed by atoms with Crippen LogP contribution >= 0.6 is 11.3 Å². The Morgan fingerprint density at radius 2 is 1.94 bits per heavy atom. The fraction of sp³-hybridized carbons (Fsp3) is 0.136. The Kier molecular flexibility index (Phi) is 6.61. The van der Waals surface area contributed by atoms with Gasteiger partial charge >= 0.3 is 0 Å². The molecule has 0 saturated carbocycles. The highest BCUT2D eigenvalue weighted by Crippen LogP contribution is 2.18. The van der Waals surface area contributed by atoms with Gasteiger partial charge in [-0.05, 0) is 23.3 Å². The first-order chi connectivity index (χ1) is 15.6. The molecule has 0 radical (unpaired) electrons. The van der Waals surface area contributed by atoms with Crippen molar-refractivity contribution >= 4 is 28.3 Å². The van der Waals surface area contributed by atoms with E-state index in [1.165, 1.54) is 35.9 Å². The summed E-state index contributed by atoms with van der Waals surface area (Å²) in [5, 5.41) is 11.5. The van der Waals surface area contributed by atoms with Gasteiger partial charge in [0.15, 0.2) is 5.13 Å². The van der Waals surface area contributed by atoms with Crippen LogP contribution in [0.3, 0.4) is 0 Å². The van der Waals surface area contributed by atoms with Gasteiger partial charge in [-0.15, -0.1) is 11.3 Å². The van der Waals surface area contributed by atoms with E-state index >= 15 is 0 Å². The number of aromatic nitrogens is 4. The van der Waals surface area contributed by atoms with Crippen LogP contribution in [-0.2, 0) is 24.3 Å². The molecule has 8 nitrogen and oxygen atoms in total. The molecule has 0 aliphatic rings. The number of thiazole rings is 1. The van der Waals surface area contributed by atoms with Gasteiger partial charge in [0.25, 0.3) is 5.91 Å². The Balaban J connectivity index is 1.28. The zero-order valence-electron chi connectivity index (χ0n) is 16.9. The van der Waals surface area contributed by atoms with Gasteiger partial charge in [-0.3, -0.25) is 14.9 Å². The van der Waals surface area contributed by atoms with E-state index in [0.717, 1.165) is 11.1 Å². The fourth-order valence-corrected chi connectivity index (χ4v) is 3.73. The van der Waals surface area contributed by atoms with Gasteiger partial charge in [-0.25, -0.2) is 19.0 Å². The van der Waals surface area contributed by atoms with E-state index in [0.29, 0.717) is 23.9 Å². The summed E-state index contributed by atoms with van der Waals surface area (Å²) in [6, 6.07) is 13.6. The molecule has 4 rings (SSSR count). The van der Waals surface area contributed by atoms with E-state index in [9.17, 15) is 14.0 Å². The summed E-state index contributed by atoms with van der Waals surface area (Å²) in [4.78, 5) is 32.7. The number of benzene rings is 2. The molecule has 0 aliphatic heterocycles. The third kappa shape index (κ3) is 5.61. The maximum atomic E-state index is 13.7. The first kappa shape index (κ1) is 21.3. The quantitative estimate of drug-likeness (QED) is 0.430. The number of carbonyl (C=O) groups excluding carboxylic acids is 2. The number of hydrogen-bond acceptors (Lipinski definition) is 6. The van der Waals surface area contributed by atoms with Gasteiger partial charge < -0.3 is 5.32 Å². The molecule has 32 heavy (non-hydrogen) atoms. The largest absolute Gasteiger partial charge is 0.352 e. The fourth-order valence-electron chi connectivity index (χ4n) is 3.02. The van der Waals surface area contributed by atoms with Gasteiger partial charge in [-0.2, -0.15) is 5.10 Å². The molecule has 2 amide bonds. The lowest BCUT2D eigenvalue weighted by molar-refractivity contribution is -0.120. The molecule has 2 N–H and O–H groups in total. The summed E-state index contributed by atoms with van der Waals surface area (Å²) in [5.41, 5.74) is 2.48. The molecule has 4 aromatic rings. The van der Waals surface area contributed by atoms with Crippen LogP contribution in [0.25, 0.3) is 0 Å². The van der Waals surface area contributed by atoms with Crippen molar-refractivity contribution in [3.8, 4) is 0 Å². The van der Waals surface area contributed by atoms with Gasteiger partial charge in [0.05, 0.1) is 24.2 Å². The van der Waals surface area contributed by atoms with E-state index in [1.54, 1.807) is 22.5 Å². The normalized spacial score (nSPS) is 10.7.